The van der Waals surface area contributed by atoms with E-state index >= 15 is 0 Å². The minimum atomic E-state index is -0.565. The molecule has 28 heavy (non-hydrogen) atoms. The molecule has 4 aromatic rings. The van der Waals surface area contributed by atoms with Gasteiger partial charge in [-0.05, 0) is 37.3 Å². The molecule has 1 atom stereocenters. The Kier molecular flexibility index (Phi) is 4.38. The zero-order valence-electron chi connectivity index (χ0n) is 15.2. The summed E-state index contributed by atoms with van der Waals surface area (Å²) in [4.78, 5) is 21.3. The number of H-pyrrole nitrogens is 1. The Morgan fingerprint density at radius 1 is 1.14 bits per heavy atom. The predicted octanol–water partition coefficient (Wildman–Crippen LogP) is 3.58. The van der Waals surface area contributed by atoms with E-state index in [0.29, 0.717) is 11.0 Å². The van der Waals surface area contributed by atoms with Crippen LogP contribution in [0.2, 0.25) is 0 Å². The molecule has 2 heterocycles. The van der Waals surface area contributed by atoms with E-state index in [2.05, 4.69) is 15.1 Å². The van der Waals surface area contributed by atoms with Crippen LogP contribution in [0.25, 0.3) is 16.7 Å². The Morgan fingerprint density at radius 2 is 1.89 bits per heavy atom. The Balaban J connectivity index is 1.80. The van der Waals surface area contributed by atoms with Gasteiger partial charge < -0.3 is 4.90 Å². The monoisotopic (exact) mass is 381 g/mol. The van der Waals surface area contributed by atoms with Crippen molar-refractivity contribution in [3.05, 3.63) is 82.3 Å². The second kappa shape index (κ2) is 6.88. The maximum Gasteiger partial charge on any atom is 0.263 e. The minimum Gasteiger partial charge on any atom is -0.338 e. The number of para-hydroxylation sites is 1. The van der Waals surface area contributed by atoms with Gasteiger partial charge in [0.2, 0.25) is 5.95 Å². The normalized spacial score (nSPS) is 12.3. The van der Waals surface area contributed by atoms with Gasteiger partial charge in [-0.25, -0.2) is 13.5 Å². The highest BCUT2D eigenvalue weighted by atomic mass is 19.1. The Bertz CT molecular complexity index is 1200. The molecule has 1 unspecified atom stereocenters. The van der Waals surface area contributed by atoms with Crippen molar-refractivity contribution < 1.29 is 8.78 Å². The number of hydrogen-bond donors (Lipinski definition) is 1. The predicted molar refractivity (Wildman–Crippen MR) is 103 cm³/mol. The summed E-state index contributed by atoms with van der Waals surface area (Å²) < 4.78 is 29.3. The molecule has 142 valence electrons. The number of anilines is 1. The van der Waals surface area contributed by atoms with Gasteiger partial charge in [0.25, 0.3) is 5.56 Å². The molecule has 8 heteroatoms. The van der Waals surface area contributed by atoms with Crippen LogP contribution >= 0.6 is 0 Å². The molecule has 0 bridgehead atoms. The van der Waals surface area contributed by atoms with E-state index in [4.69, 9.17) is 0 Å². The largest absolute Gasteiger partial charge is 0.338 e. The highest BCUT2D eigenvalue weighted by Gasteiger charge is 2.20. The summed E-state index contributed by atoms with van der Waals surface area (Å²) in [5, 5.41) is 4.60. The van der Waals surface area contributed by atoms with Crippen molar-refractivity contribution in [2.75, 3.05) is 11.9 Å². The van der Waals surface area contributed by atoms with Crippen LogP contribution in [-0.2, 0) is 0 Å². The van der Waals surface area contributed by atoms with E-state index < -0.39 is 17.7 Å². The molecule has 0 saturated carbocycles. The highest BCUT2D eigenvalue weighted by molar-refractivity contribution is 5.76. The van der Waals surface area contributed by atoms with Crippen molar-refractivity contribution in [1.29, 1.82) is 0 Å². The summed E-state index contributed by atoms with van der Waals surface area (Å²) in [6.45, 7) is 1.70. The molecule has 0 aliphatic heterocycles. The highest BCUT2D eigenvalue weighted by Crippen LogP contribution is 2.26. The molecule has 0 spiro atoms. The molecule has 0 amide bonds. The Labute approximate surface area is 159 Å². The number of aromatic nitrogens is 4. The fourth-order valence-corrected chi connectivity index (χ4v) is 3.06. The summed E-state index contributed by atoms with van der Waals surface area (Å²) in [7, 11) is 1.66. The third kappa shape index (κ3) is 3.02. The van der Waals surface area contributed by atoms with Gasteiger partial charge in [0.15, 0.2) is 5.65 Å². The average Bonchev–Trinajstić information content (AvgIpc) is 3.14. The summed E-state index contributed by atoms with van der Waals surface area (Å²) in [6.07, 6.45) is 1.45. The van der Waals surface area contributed by atoms with Gasteiger partial charge in [-0.2, -0.15) is 10.1 Å². The molecule has 2 aromatic carbocycles. The van der Waals surface area contributed by atoms with E-state index in [1.165, 1.54) is 6.20 Å². The molecule has 0 saturated heterocycles. The molecule has 0 aliphatic carbocycles. The first-order valence-electron chi connectivity index (χ1n) is 8.67. The van der Waals surface area contributed by atoms with Gasteiger partial charge >= 0.3 is 0 Å². The molecule has 2 aromatic heterocycles. The third-order valence-corrected chi connectivity index (χ3v) is 4.75. The number of benzene rings is 2. The number of halogens is 2. The summed E-state index contributed by atoms with van der Waals surface area (Å²) in [5.41, 5.74) is 0.944. The van der Waals surface area contributed by atoms with Gasteiger partial charge in [-0.3, -0.25) is 9.78 Å². The lowest BCUT2D eigenvalue weighted by atomic mass is 10.1. The molecule has 4 rings (SSSR count). The van der Waals surface area contributed by atoms with E-state index in [9.17, 15) is 13.6 Å². The number of hydrogen-bond acceptors (Lipinski definition) is 4. The summed E-state index contributed by atoms with van der Waals surface area (Å²) in [6, 6.07) is 12.0. The lowest BCUT2D eigenvalue weighted by Crippen LogP contribution is -2.27. The zero-order valence-corrected chi connectivity index (χ0v) is 15.2. The van der Waals surface area contributed by atoms with Crippen molar-refractivity contribution in [1.82, 2.24) is 19.7 Å². The van der Waals surface area contributed by atoms with Crippen molar-refractivity contribution in [3.63, 3.8) is 0 Å². The van der Waals surface area contributed by atoms with Gasteiger partial charge in [0, 0.05) is 12.6 Å². The fraction of sp³-hybridized carbons (Fsp3) is 0.150. The molecule has 0 aliphatic rings. The second-order valence-corrected chi connectivity index (χ2v) is 6.47. The van der Waals surface area contributed by atoms with E-state index in [1.54, 1.807) is 23.6 Å². The first-order chi connectivity index (χ1) is 13.5. The van der Waals surface area contributed by atoms with Crippen molar-refractivity contribution in [2.24, 2.45) is 0 Å². The Hall–Kier alpha value is -3.55. The van der Waals surface area contributed by atoms with Crippen LogP contribution in [0, 0.1) is 11.6 Å². The molecule has 6 nitrogen and oxygen atoms in total. The lowest BCUT2D eigenvalue weighted by Gasteiger charge is -2.26. The molecule has 1 N–H and O–H groups in total. The van der Waals surface area contributed by atoms with Gasteiger partial charge in [0.1, 0.15) is 17.0 Å². The summed E-state index contributed by atoms with van der Waals surface area (Å²) in [5.74, 6) is -0.833. The minimum absolute atomic E-state index is 0.168. The fourth-order valence-electron chi connectivity index (χ4n) is 3.06. The Morgan fingerprint density at radius 3 is 2.64 bits per heavy atom. The van der Waals surface area contributed by atoms with Crippen LogP contribution < -0.4 is 10.5 Å². The molecular formula is C20H17F2N5O. The number of rotatable bonds is 4. The third-order valence-electron chi connectivity index (χ3n) is 4.75. The van der Waals surface area contributed by atoms with Crippen LogP contribution in [-0.4, -0.2) is 26.8 Å². The van der Waals surface area contributed by atoms with Crippen LogP contribution in [0.4, 0.5) is 14.7 Å². The second-order valence-electron chi connectivity index (χ2n) is 6.47. The van der Waals surface area contributed by atoms with Crippen molar-refractivity contribution >= 4 is 17.0 Å². The average molecular weight is 381 g/mol. The smallest absolute Gasteiger partial charge is 0.263 e. The van der Waals surface area contributed by atoms with E-state index in [-0.39, 0.29) is 17.1 Å². The van der Waals surface area contributed by atoms with Crippen molar-refractivity contribution in [3.8, 4) is 5.69 Å². The lowest BCUT2D eigenvalue weighted by molar-refractivity contribution is 0.563. The maximum atomic E-state index is 14.2. The SMILES string of the molecule is CC(c1cc(F)ccc1F)N(C)c1nc2c(cnn2-c2ccccc2)c(=O)[nH]1. The maximum absolute atomic E-state index is 14.2. The van der Waals surface area contributed by atoms with Crippen LogP contribution in [0.3, 0.4) is 0 Å². The number of fused-ring (bicyclic) bond motifs is 1. The standard InChI is InChI=1S/C20H17F2N5O/c1-12(15-10-13(21)8-9-17(15)22)26(2)20-24-18-16(19(28)25-20)11-23-27(18)14-6-4-3-5-7-14/h3-12H,1-2H3,(H,24,25,28). The molecule has 0 fully saturated rings. The topological polar surface area (TPSA) is 66.8 Å². The number of aromatic amines is 1. The van der Waals surface area contributed by atoms with Crippen LogP contribution in [0.1, 0.15) is 18.5 Å². The first kappa shape index (κ1) is 17.8. The van der Waals surface area contributed by atoms with Crippen LogP contribution in [0.5, 0.6) is 0 Å². The van der Waals surface area contributed by atoms with Crippen molar-refractivity contribution in [2.45, 2.75) is 13.0 Å². The number of nitrogens with zero attached hydrogens (tertiary/aromatic N) is 4. The quantitative estimate of drug-likeness (QED) is 0.587. The first-order valence-corrected chi connectivity index (χ1v) is 8.67. The van der Waals surface area contributed by atoms with Gasteiger partial charge in [-0.1, -0.05) is 18.2 Å². The molecule has 0 radical (unpaired) electrons. The van der Waals surface area contributed by atoms with Crippen LogP contribution in [0.15, 0.2) is 59.5 Å². The van der Waals surface area contributed by atoms with E-state index in [0.717, 1.165) is 23.9 Å². The number of nitrogens with one attached hydrogen (secondary N) is 1. The summed E-state index contributed by atoms with van der Waals surface area (Å²) >= 11 is 0. The zero-order chi connectivity index (χ0) is 19.8. The van der Waals surface area contributed by atoms with Gasteiger partial charge in [-0.15, -0.1) is 0 Å². The molecular weight excluding hydrogens is 364 g/mol. The van der Waals surface area contributed by atoms with E-state index in [1.807, 2.05) is 30.3 Å². The van der Waals surface area contributed by atoms with Gasteiger partial charge in [0.05, 0.1) is 17.9 Å².